The molecule has 35 heavy (non-hydrogen) atoms. The molecule has 0 aliphatic carbocycles. The highest BCUT2D eigenvalue weighted by Gasteiger charge is 2.22. The standard InChI is InChI=1S/C28H34N4O2S/c1-20-13-21(2)18-32(17-20)19-24-8-4-3-7-23(24)15-30-28(34)31-25-10-5-9-22(14-25)27(33)29-16-26-11-6-12-35-26/h3-12,14,20-21H,13,15-19H2,1-2H3,(H,29,33)(H2,30,31,34). The minimum Gasteiger partial charge on any atom is -0.347 e. The average molecular weight is 491 g/mol. The Morgan fingerprint density at radius 1 is 0.914 bits per heavy atom. The topological polar surface area (TPSA) is 73.5 Å². The molecule has 1 aliphatic heterocycles. The van der Waals surface area contributed by atoms with Crippen LogP contribution in [0.15, 0.2) is 66.0 Å². The van der Waals surface area contributed by atoms with Gasteiger partial charge in [0.25, 0.3) is 5.91 Å². The van der Waals surface area contributed by atoms with E-state index in [0.29, 0.717) is 36.2 Å². The van der Waals surface area contributed by atoms with Crippen molar-refractivity contribution >= 4 is 29.0 Å². The van der Waals surface area contributed by atoms with Crippen LogP contribution in [0.25, 0.3) is 0 Å². The first-order chi connectivity index (χ1) is 17.0. The summed E-state index contributed by atoms with van der Waals surface area (Å²) < 4.78 is 0. The number of amides is 3. The number of likely N-dealkylation sites (tertiary alicyclic amines) is 1. The van der Waals surface area contributed by atoms with Gasteiger partial charge in [-0.05, 0) is 59.0 Å². The zero-order valence-electron chi connectivity index (χ0n) is 20.4. The van der Waals surface area contributed by atoms with Gasteiger partial charge >= 0.3 is 6.03 Å². The maximum Gasteiger partial charge on any atom is 0.319 e. The maximum absolute atomic E-state index is 12.6. The molecule has 3 aromatic rings. The van der Waals surface area contributed by atoms with E-state index in [1.54, 1.807) is 35.6 Å². The van der Waals surface area contributed by atoms with Crippen LogP contribution in [0.5, 0.6) is 0 Å². The molecule has 2 aromatic carbocycles. The van der Waals surface area contributed by atoms with Gasteiger partial charge in [-0.15, -0.1) is 11.3 Å². The molecule has 1 saturated heterocycles. The van der Waals surface area contributed by atoms with Crippen LogP contribution in [-0.2, 0) is 19.6 Å². The second-order valence-electron chi connectivity index (χ2n) is 9.56. The van der Waals surface area contributed by atoms with Crippen molar-refractivity contribution in [3.05, 3.63) is 87.6 Å². The summed E-state index contributed by atoms with van der Waals surface area (Å²) in [4.78, 5) is 28.7. The number of thiophene rings is 1. The molecular weight excluding hydrogens is 456 g/mol. The molecule has 6 nitrogen and oxygen atoms in total. The molecule has 0 saturated carbocycles. The van der Waals surface area contributed by atoms with E-state index in [1.807, 2.05) is 23.6 Å². The van der Waals surface area contributed by atoms with Gasteiger partial charge in [-0.25, -0.2) is 4.79 Å². The lowest BCUT2D eigenvalue weighted by Crippen LogP contribution is -2.38. The number of rotatable bonds is 8. The number of hydrogen-bond donors (Lipinski definition) is 3. The fraction of sp³-hybridized carbons (Fsp3) is 0.357. The zero-order chi connectivity index (χ0) is 24.6. The summed E-state index contributed by atoms with van der Waals surface area (Å²) in [5.74, 6) is 1.25. The molecular formula is C28H34N4O2S. The van der Waals surface area contributed by atoms with E-state index in [4.69, 9.17) is 0 Å². The Morgan fingerprint density at radius 3 is 2.43 bits per heavy atom. The van der Waals surface area contributed by atoms with Gasteiger partial charge in [0.15, 0.2) is 0 Å². The van der Waals surface area contributed by atoms with Crippen molar-refractivity contribution in [3.63, 3.8) is 0 Å². The summed E-state index contributed by atoms with van der Waals surface area (Å²) in [6.45, 7) is 8.71. The highest BCUT2D eigenvalue weighted by atomic mass is 32.1. The minimum absolute atomic E-state index is 0.169. The van der Waals surface area contributed by atoms with E-state index >= 15 is 0 Å². The molecule has 2 unspecified atom stereocenters. The Kier molecular flexibility index (Phi) is 8.55. The van der Waals surface area contributed by atoms with Crippen molar-refractivity contribution in [2.45, 2.75) is 39.9 Å². The molecule has 0 bridgehead atoms. The van der Waals surface area contributed by atoms with Gasteiger partial charge in [0.05, 0.1) is 6.54 Å². The van der Waals surface area contributed by atoms with Crippen molar-refractivity contribution in [2.75, 3.05) is 18.4 Å². The van der Waals surface area contributed by atoms with Gasteiger partial charge in [-0.2, -0.15) is 0 Å². The van der Waals surface area contributed by atoms with Crippen LogP contribution in [0.2, 0.25) is 0 Å². The summed E-state index contributed by atoms with van der Waals surface area (Å²) in [6, 6.07) is 18.9. The Labute approximate surface area is 211 Å². The Hall–Kier alpha value is -3.16. The lowest BCUT2D eigenvalue weighted by Gasteiger charge is -2.35. The smallest absolute Gasteiger partial charge is 0.319 e. The first kappa shape index (κ1) is 24.9. The summed E-state index contributed by atoms with van der Waals surface area (Å²) in [5.41, 5.74) is 3.46. The highest BCUT2D eigenvalue weighted by molar-refractivity contribution is 7.09. The van der Waals surface area contributed by atoms with E-state index in [-0.39, 0.29) is 11.9 Å². The fourth-order valence-corrected chi connectivity index (χ4v) is 5.46. The van der Waals surface area contributed by atoms with Crippen molar-refractivity contribution in [3.8, 4) is 0 Å². The van der Waals surface area contributed by atoms with Crippen LogP contribution in [0.3, 0.4) is 0 Å². The lowest BCUT2D eigenvalue weighted by atomic mass is 9.91. The van der Waals surface area contributed by atoms with Gasteiger partial charge in [0.2, 0.25) is 0 Å². The van der Waals surface area contributed by atoms with Crippen LogP contribution < -0.4 is 16.0 Å². The number of piperidine rings is 1. The van der Waals surface area contributed by atoms with Gasteiger partial charge in [-0.1, -0.05) is 50.2 Å². The molecule has 2 heterocycles. The third kappa shape index (κ3) is 7.41. The zero-order valence-corrected chi connectivity index (χ0v) is 21.2. The summed E-state index contributed by atoms with van der Waals surface area (Å²) in [6.07, 6.45) is 1.29. The summed E-state index contributed by atoms with van der Waals surface area (Å²) in [5, 5.41) is 10.7. The quantitative estimate of drug-likeness (QED) is 0.392. The molecule has 3 N–H and O–H groups in total. The Morgan fingerprint density at radius 2 is 1.69 bits per heavy atom. The molecule has 0 spiro atoms. The summed E-state index contributed by atoms with van der Waals surface area (Å²) >= 11 is 1.60. The molecule has 184 valence electrons. The normalized spacial score (nSPS) is 18.1. The molecule has 2 atom stereocenters. The molecule has 1 fully saturated rings. The van der Waals surface area contributed by atoms with Gasteiger partial charge in [-0.3, -0.25) is 9.69 Å². The first-order valence-corrected chi connectivity index (χ1v) is 13.1. The molecule has 1 aromatic heterocycles. The monoisotopic (exact) mass is 490 g/mol. The number of carbonyl (C=O) groups excluding carboxylic acids is 2. The first-order valence-electron chi connectivity index (χ1n) is 12.2. The van der Waals surface area contributed by atoms with Crippen LogP contribution in [-0.4, -0.2) is 29.9 Å². The Balaban J connectivity index is 1.30. The number of anilines is 1. The number of nitrogens with one attached hydrogen (secondary N) is 3. The van der Waals surface area contributed by atoms with Gasteiger partial charge in [0, 0.05) is 42.3 Å². The molecule has 1 aliphatic rings. The predicted molar refractivity (Wildman–Crippen MR) is 142 cm³/mol. The fourth-order valence-electron chi connectivity index (χ4n) is 4.82. The van der Waals surface area contributed by atoms with Gasteiger partial charge < -0.3 is 16.0 Å². The van der Waals surface area contributed by atoms with Crippen LogP contribution >= 0.6 is 11.3 Å². The number of carbonyl (C=O) groups is 2. The largest absolute Gasteiger partial charge is 0.347 e. The van der Waals surface area contributed by atoms with Crippen molar-refractivity contribution < 1.29 is 9.59 Å². The number of nitrogens with zero attached hydrogens (tertiary/aromatic N) is 1. The lowest BCUT2D eigenvalue weighted by molar-refractivity contribution is 0.0951. The molecule has 3 amide bonds. The SMILES string of the molecule is CC1CC(C)CN(Cc2ccccc2CNC(=O)Nc2cccc(C(=O)NCc3cccs3)c2)C1. The molecule has 7 heteroatoms. The van der Waals surface area contributed by atoms with E-state index in [0.717, 1.165) is 30.1 Å². The van der Waals surface area contributed by atoms with Crippen LogP contribution in [0.4, 0.5) is 10.5 Å². The second-order valence-corrected chi connectivity index (χ2v) is 10.6. The van der Waals surface area contributed by atoms with Gasteiger partial charge in [0.1, 0.15) is 0 Å². The second kappa shape index (κ2) is 12.0. The molecule has 4 rings (SSSR count). The molecule has 0 radical (unpaired) electrons. The van der Waals surface area contributed by atoms with Crippen molar-refractivity contribution in [1.82, 2.24) is 15.5 Å². The third-order valence-electron chi connectivity index (χ3n) is 6.28. The van der Waals surface area contributed by atoms with Crippen LogP contribution in [0.1, 0.15) is 46.6 Å². The van der Waals surface area contributed by atoms with E-state index < -0.39 is 0 Å². The number of urea groups is 1. The van der Waals surface area contributed by atoms with E-state index in [2.05, 4.69) is 52.9 Å². The highest BCUT2D eigenvalue weighted by Crippen LogP contribution is 2.23. The van der Waals surface area contributed by atoms with Crippen molar-refractivity contribution in [1.29, 1.82) is 0 Å². The minimum atomic E-state index is -0.295. The summed E-state index contributed by atoms with van der Waals surface area (Å²) in [7, 11) is 0. The third-order valence-corrected chi connectivity index (χ3v) is 7.16. The van der Waals surface area contributed by atoms with Crippen LogP contribution in [0, 0.1) is 11.8 Å². The number of benzene rings is 2. The Bertz CT molecular complexity index is 1120. The predicted octanol–water partition coefficient (Wildman–Crippen LogP) is 5.48. The van der Waals surface area contributed by atoms with Crippen molar-refractivity contribution in [2.24, 2.45) is 11.8 Å². The number of hydrogen-bond acceptors (Lipinski definition) is 4. The van der Waals surface area contributed by atoms with E-state index in [9.17, 15) is 9.59 Å². The average Bonchev–Trinajstić information content (AvgIpc) is 3.35. The van der Waals surface area contributed by atoms with E-state index in [1.165, 1.54) is 12.0 Å². The maximum atomic E-state index is 12.6.